The van der Waals surface area contributed by atoms with Gasteiger partial charge in [-0.2, -0.15) is 0 Å². The third-order valence-corrected chi connectivity index (χ3v) is 3.39. The van der Waals surface area contributed by atoms with Gasteiger partial charge in [0.25, 0.3) is 0 Å². The third kappa shape index (κ3) is 4.04. The first-order valence-electron chi connectivity index (χ1n) is 4.09. The first kappa shape index (κ1) is 10.2. The monoisotopic (exact) mass is 162 g/mol. The van der Waals surface area contributed by atoms with E-state index in [-0.39, 0.29) is 0 Å². The van der Waals surface area contributed by atoms with Crippen molar-refractivity contribution in [1.29, 1.82) is 0 Å². The SMILES string of the molecule is CCC(CC)CS(=O)CC. The minimum atomic E-state index is -0.557. The zero-order valence-electron chi connectivity index (χ0n) is 7.22. The van der Waals surface area contributed by atoms with Crippen molar-refractivity contribution in [3.8, 4) is 0 Å². The van der Waals surface area contributed by atoms with Crippen LogP contribution in [-0.2, 0) is 10.8 Å². The van der Waals surface area contributed by atoms with Crippen LogP contribution in [0.25, 0.3) is 0 Å². The molecule has 0 radical (unpaired) electrons. The molecule has 0 rings (SSSR count). The van der Waals surface area contributed by atoms with Gasteiger partial charge in [0, 0.05) is 22.3 Å². The van der Waals surface area contributed by atoms with Gasteiger partial charge in [0.1, 0.15) is 0 Å². The fourth-order valence-corrected chi connectivity index (χ4v) is 2.14. The van der Waals surface area contributed by atoms with Crippen molar-refractivity contribution in [2.45, 2.75) is 33.6 Å². The van der Waals surface area contributed by atoms with Crippen molar-refractivity contribution in [2.75, 3.05) is 11.5 Å². The largest absolute Gasteiger partial charge is 0.260 e. The Morgan fingerprint density at radius 1 is 1.20 bits per heavy atom. The summed E-state index contributed by atoms with van der Waals surface area (Å²) in [6.45, 7) is 6.32. The van der Waals surface area contributed by atoms with Crippen molar-refractivity contribution < 1.29 is 4.21 Å². The molecule has 0 fully saturated rings. The molecular formula is C8H18OS. The second-order valence-corrected chi connectivity index (χ2v) is 4.37. The van der Waals surface area contributed by atoms with E-state index in [1.165, 1.54) is 12.8 Å². The van der Waals surface area contributed by atoms with E-state index in [1.807, 2.05) is 6.92 Å². The normalized spacial score (nSPS) is 14.0. The molecule has 10 heavy (non-hydrogen) atoms. The van der Waals surface area contributed by atoms with Crippen molar-refractivity contribution >= 4 is 10.8 Å². The van der Waals surface area contributed by atoms with E-state index >= 15 is 0 Å². The van der Waals surface area contributed by atoms with Crippen LogP contribution in [0.4, 0.5) is 0 Å². The van der Waals surface area contributed by atoms with Crippen LogP contribution in [0.2, 0.25) is 0 Å². The molecule has 0 aromatic heterocycles. The number of hydrogen-bond acceptors (Lipinski definition) is 1. The molecular weight excluding hydrogens is 144 g/mol. The molecule has 0 aromatic rings. The summed E-state index contributed by atoms with van der Waals surface area (Å²) in [5.41, 5.74) is 0. The van der Waals surface area contributed by atoms with Gasteiger partial charge in [-0.3, -0.25) is 4.21 Å². The fraction of sp³-hybridized carbons (Fsp3) is 1.00. The molecule has 1 nitrogen and oxygen atoms in total. The maximum absolute atomic E-state index is 11.1. The summed E-state index contributed by atoms with van der Waals surface area (Å²) >= 11 is 0. The van der Waals surface area contributed by atoms with Crippen molar-refractivity contribution in [3.63, 3.8) is 0 Å². The number of hydrogen-bond donors (Lipinski definition) is 0. The van der Waals surface area contributed by atoms with Gasteiger partial charge in [0.05, 0.1) is 0 Å². The van der Waals surface area contributed by atoms with Crippen LogP contribution in [0.3, 0.4) is 0 Å². The highest BCUT2D eigenvalue weighted by Gasteiger charge is 2.06. The van der Waals surface area contributed by atoms with Crippen LogP contribution >= 0.6 is 0 Å². The van der Waals surface area contributed by atoms with E-state index in [0.717, 1.165) is 11.5 Å². The smallest absolute Gasteiger partial charge is 0.0262 e. The van der Waals surface area contributed by atoms with Gasteiger partial charge in [-0.15, -0.1) is 0 Å². The predicted octanol–water partition coefficient (Wildman–Crippen LogP) is 2.19. The summed E-state index contributed by atoms with van der Waals surface area (Å²) < 4.78 is 11.1. The Morgan fingerprint density at radius 2 is 1.70 bits per heavy atom. The van der Waals surface area contributed by atoms with Crippen molar-refractivity contribution in [3.05, 3.63) is 0 Å². The van der Waals surface area contributed by atoms with E-state index in [2.05, 4.69) is 13.8 Å². The van der Waals surface area contributed by atoms with Crippen LogP contribution < -0.4 is 0 Å². The minimum Gasteiger partial charge on any atom is -0.260 e. The van der Waals surface area contributed by atoms with Gasteiger partial charge in [-0.1, -0.05) is 33.6 Å². The second-order valence-electron chi connectivity index (χ2n) is 2.58. The molecule has 2 heteroatoms. The fourth-order valence-electron chi connectivity index (χ4n) is 0.905. The van der Waals surface area contributed by atoms with Crippen LogP contribution in [0, 0.1) is 5.92 Å². The topological polar surface area (TPSA) is 17.1 Å². The predicted molar refractivity (Wildman–Crippen MR) is 47.6 cm³/mol. The average molecular weight is 162 g/mol. The lowest BCUT2D eigenvalue weighted by atomic mass is 10.1. The molecule has 0 aliphatic carbocycles. The Bertz CT molecular complexity index is 97.4. The van der Waals surface area contributed by atoms with Crippen molar-refractivity contribution in [2.24, 2.45) is 5.92 Å². The lowest BCUT2D eigenvalue weighted by Crippen LogP contribution is -2.10. The number of rotatable bonds is 5. The Balaban J connectivity index is 3.52. The third-order valence-electron chi connectivity index (χ3n) is 1.90. The van der Waals surface area contributed by atoms with E-state index < -0.39 is 10.8 Å². The highest BCUT2D eigenvalue weighted by Crippen LogP contribution is 2.08. The summed E-state index contributed by atoms with van der Waals surface area (Å²) in [5.74, 6) is 2.40. The highest BCUT2D eigenvalue weighted by molar-refractivity contribution is 7.84. The van der Waals surface area contributed by atoms with E-state index in [4.69, 9.17) is 0 Å². The average Bonchev–Trinajstić information content (AvgIpc) is 1.99. The van der Waals surface area contributed by atoms with Gasteiger partial charge < -0.3 is 0 Å². The molecule has 0 aliphatic rings. The Labute approximate surface area is 66.7 Å². The molecule has 0 bridgehead atoms. The standard InChI is InChI=1S/C8H18OS/c1-4-8(5-2)7-10(9)6-3/h8H,4-7H2,1-3H3. The minimum absolute atomic E-state index is 0.557. The van der Waals surface area contributed by atoms with Crippen molar-refractivity contribution in [1.82, 2.24) is 0 Å². The van der Waals surface area contributed by atoms with Crippen LogP contribution in [0.5, 0.6) is 0 Å². The van der Waals surface area contributed by atoms with E-state index in [9.17, 15) is 4.21 Å². The van der Waals surface area contributed by atoms with Crippen LogP contribution in [0.15, 0.2) is 0 Å². The van der Waals surface area contributed by atoms with Crippen LogP contribution in [0.1, 0.15) is 33.6 Å². The summed E-state index contributed by atoms with van der Waals surface area (Å²) in [4.78, 5) is 0. The molecule has 0 spiro atoms. The quantitative estimate of drug-likeness (QED) is 0.605. The molecule has 0 aliphatic heterocycles. The van der Waals surface area contributed by atoms with Gasteiger partial charge in [0.2, 0.25) is 0 Å². The summed E-state index contributed by atoms with van der Waals surface area (Å²) in [7, 11) is -0.557. The Kier molecular flexibility index (Phi) is 5.99. The lowest BCUT2D eigenvalue weighted by molar-refractivity contribution is 0.545. The second kappa shape index (κ2) is 5.90. The maximum Gasteiger partial charge on any atom is 0.0262 e. The maximum atomic E-state index is 11.1. The zero-order valence-corrected chi connectivity index (χ0v) is 8.04. The molecule has 0 N–H and O–H groups in total. The van der Waals surface area contributed by atoms with Crippen LogP contribution in [-0.4, -0.2) is 15.7 Å². The molecule has 0 saturated heterocycles. The molecule has 0 saturated carbocycles. The Morgan fingerprint density at radius 3 is 2.00 bits per heavy atom. The molecule has 62 valence electrons. The Hall–Kier alpha value is 0.150. The lowest BCUT2D eigenvalue weighted by Gasteiger charge is -2.09. The zero-order chi connectivity index (χ0) is 7.98. The van der Waals surface area contributed by atoms with E-state index in [0.29, 0.717) is 5.92 Å². The first-order chi connectivity index (χ1) is 4.74. The van der Waals surface area contributed by atoms with Gasteiger partial charge in [0.15, 0.2) is 0 Å². The summed E-state index contributed by atoms with van der Waals surface area (Å²) in [6, 6.07) is 0. The molecule has 0 heterocycles. The van der Waals surface area contributed by atoms with Gasteiger partial charge in [-0.05, 0) is 5.92 Å². The first-order valence-corrected chi connectivity index (χ1v) is 5.58. The van der Waals surface area contributed by atoms with E-state index in [1.54, 1.807) is 0 Å². The highest BCUT2D eigenvalue weighted by atomic mass is 32.2. The van der Waals surface area contributed by atoms with Gasteiger partial charge >= 0.3 is 0 Å². The molecule has 0 aromatic carbocycles. The summed E-state index contributed by atoms with van der Waals surface area (Å²) in [5, 5.41) is 0. The van der Waals surface area contributed by atoms with Gasteiger partial charge in [-0.25, -0.2) is 0 Å². The molecule has 1 atom stereocenters. The summed E-state index contributed by atoms with van der Waals surface area (Å²) in [6.07, 6.45) is 2.34. The molecule has 1 unspecified atom stereocenters. The molecule has 0 amide bonds.